The van der Waals surface area contributed by atoms with Gasteiger partial charge in [0.1, 0.15) is 0 Å². The lowest BCUT2D eigenvalue weighted by molar-refractivity contribution is -0.386. The summed E-state index contributed by atoms with van der Waals surface area (Å²) < 4.78 is 10.2. The maximum Gasteiger partial charge on any atom is 0.278 e. The van der Waals surface area contributed by atoms with Crippen LogP contribution in [0.3, 0.4) is 0 Å². The van der Waals surface area contributed by atoms with Crippen molar-refractivity contribution in [1.82, 2.24) is 10.3 Å². The molecule has 0 fully saturated rings. The van der Waals surface area contributed by atoms with E-state index in [2.05, 4.69) is 10.3 Å². The molecule has 0 bridgehead atoms. The Bertz CT molecular complexity index is 465. The largest absolute Gasteiger partial charge is 0.382 e. The van der Waals surface area contributed by atoms with Gasteiger partial charge in [-0.25, -0.2) is 0 Å². The van der Waals surface area contributed by atoms with E-state index in [9.17, 15) is 10.1 Å². The smallest absolute Gasteiger partial charge is 0.278 e. The van der Waals surface area contributed by atoms with Crippen molar-refractivity contribution in [3.63, 3.8) is 0 Å². The third-order valence-corrected chi connectivity index (χ3v) is 3.11. The van der Waals surface area contributed by atoms with Crippen LogP contribution in [-0.4, -0.2) is 43.4 Å². The predicted molar refractivity (Wildman–Crippen MR) is 74.7 cm³/mol. The number of aromatic nitrogens is 1. The Morgan fingerprint density at radius 3 is 2.70 bits per heavy atom. The average Bonchev–Trinajstić information content (AvgIpc) is 2.39. The van der Waals surface area contributed by atoms with Gasteiger partial charge in [-0.1, -0.05) is 0 Å². The standard InChI is InChI=1S/C13H21N3O4/c1-9-5-15-12(10(2)13(9)16(17)18)7-14-6-11(20-4)8-19-3/h5,11,14H,6-8H2,1-4H3. The molecular formula is C13H21N3O4. The summed E-state index contributed by atoms with van der Waals surface area (Å²) in [5.74, 6) is 0. The molecule has 0 amide bonds. The SMILES string of the molecule is COCC(CNCc1ncc(C)c([N+](=O)[O-])c1C)OC. The summed E-state index contributed by atoms with van der Waals surface area (Å²) in [5.41, 5.74) is 1.99. The lowest BCUT2D eigenvalue weighted by Gasteiger charge is -2.15. The van der Waals surface area contributed by atoms with Gasteiger partial charge in [-0.15, -0.1) is 0 Å². The summed E-state index contributed by atoms with van der Waals surface area (Å²) >= 11 is 0. The fraction of sp³-hybridized carbons (Fsp3) is 0.615. The zero-order valence-corrected chi connectivity index (χ0v) is 12.3. The molecule has 0 saturated heterocycles. The topological polar surface area (TPSA) is 86.5 Å². The Morgan fingerprint density at radius 1 is 1.45 bits per heavy atom. The molecule has 1 rings (SSSR count). The second-order valence-corrected chi connectivity index (χ2v) is 4.56. The molecule has 7 nitrogen and oxygen atoms in total. The lowest BCUT2D eigenvalue weighted by atomic mass is 10.1. The summed E-state index contributed by atoms with van der Waals surface area (Å²) in [6.07, 6.45) is 1.48. The minimum absolute atomic E-state index is 0.0549. The average molecular weight is 283 g/mol. The molecule has 1 N–H and O–H groups in total. The van der Waals surface area contributed by atoms with E-state index in [1.807, 2.05) is 0 Å². The summed E-state index contributed by atoms with van der Waals surface area (Å²) in [5, 5.41) is 14.2. The van der Waals surface area contributed by atoms with E-state index in [1.165, 1.54) is 6.20 Å². The number of methoxy groups -OCH3 is 2. The van der Waals surface area contributed by atoms with Crippen LogP contribution in [0.2, 0.25) is 0 Å². The Kier molecular flexibility index (Phi) is 6.50. The van der Waals surface area contributed by atoms with Crippen molar-refractivity contribution in [3.8, 4) is 0 Å². The van der Waals surface area contributed by atoms with Gasteiger partial charge in [0, 0.05) is 44.6 Å². The number of ether oxygens (including phenoxy) is 2. The van der Waals surface area contributed by atoms with E-state index in [4.69, 9.17) is 9.47 Å². The van der Waals surface area contributed by atoms with E-state index in [-0.39, 0.29) is 16.7 Å². The number of hydrogen-bond acceptors (Lipinski definition) is 6. The fourth-order valence-electron chi connectivity index (χ4n) is 1.97. The van der Waals surface area contributed by atoms with Crippen molar-refractivity contribution >= 4 is 5.69 Å². The first-order chi connectivity index (χ1) is 9.51. The zero-order valence-electron chi connectivity index (χ0n) is 12.3. The molecule has 0 aliphatic heterocycles. The fourth-order valence-corrected chi connectivity index (χ4v) is 1.97. The summed E-state index contributed by atoms with van der Waals surface area (Å²) in [6, 6.07) is 0. The minimum Gasteiger partial charge on any atom is -0.382 e. The predicted octanol–water partition coefficient (Wildman–Crippen LogP) is 1.36. The van der Waals surface area contributed by atoms with Crippen LogP contribution in [0.15, 0.2) is 6.20 Å². The molecule has 1 aromatic rings. The normalized spacial score (nSPS) is 12.4. The van der Waals surface area contributed by atoms with Crippen LogP contribution < -0.4 is 5.32 Å². The van der Waals surface area contributed by atoms with Gasteiger partial charge in [-0.2, -0.15) is 0 Å². The van der Waals surface area contributed by atoms with E-state index in [0.29, 0.717) is 36.5 Å². The van der Waals surface area contributed by atoms with Crippen LogP contribution in [0, 0.1) is 24.0 Å². The van der Waals surface area contributed by atoms with Gasteiger partial charge in [0.15, 0.2) is 0 Å². The number of rotatable bonds is 8. The zero-order chi connectivity index (χ0) is 15.1. The maximum atomic E-state index is 11.0. The monoisotopic (exact) mass is 283 g/mol. The van der Waals surface area contributed by atoms with Gasteiger partial charge in [-0.3, -0.25) is 15.1 Å². The van der Waals surface area contributed by atoms with Crippen LogP contribution in [-0.2, 0) is 16.0 Å². The second-order valence-electron chi connectivity index (χ2n) is 4.56. The van der Waals surface area contributed by atoms with Gasteiger partial charge in [0.05, 0.1) is 23.3 Å². The summed E-state index contributed by atoms with van der Waals surface area (Å²) in [4.78, 5) is 14.9. The van der Waals surface area contributed by atoms with E-state index >= 15 is 0 Å². The Labute approximate surface area is 118 Å². The van der Waals surface area contributed by atoms with Crippen LogP contribution in [0.25, 0.3) is 0 Å². The molecule has 0 saturated carbocycles. The molecule has 112 valence electrons. The number of nitro groups is 1. The molecule has 0 aromatic carbocycles. The van der Waals surface area contributed by atoms with Crippen LogP contribution >= 0.6 is 0 Å². The van der Waals surface area contributed by atoms with Gasteiger partial charge in [0.2, 0.25) is 0 Å². The highest BCUT2D eigenvalue weighted by Gasteiger charge is 2.18. The molecule has 0 aliphatic carbocycles. The van der Waals surface area contributed by atoms with Crippen LogP contribution in [0.5, 0.6) is 0 Å². The number of nitrogens with zero attached hydrogens (tertiary/aromatic N) is 2. The van der Waals surface area contributed by atoms with Gasteiger partial charge in [0.25, 0.3) is 5.69 Å². The van der Waals surface area contributed by atoms with Crippen molar-refractivity contribution in [2.75, 3.05) is 27.4 Å². The molecule has 1 heterocycles. The van der Waals surface area contributed by atoms with Gasteiger partial charge in [-0.05, 0) is 13.8 Å². The quantitative estimate of drug-likeness (QED) is 0.572. The minimum atomic E-state index is -0.362. The maximum absolute atomic E-state index is 11.0. The number of hydrogen-bond donors (Lipinski definition) is 1. The molecule has 1 unspecified atom stereocenters. The summed E-state index contributed by atoms with van der Waals surface area (Å²) in [6.45, 7) is 4.95. The molecule has 0 spiro atoms. The van der Waals surface area contributed by atoms with Crippen molar-refractivity contribution in [3.05, 3.63) is 33.1 Å². The van der Waals surface area contributed by atoms with E-state index in [1.54, 1.807) is 28.1 Å². The first-order valence-electron chi connectivity index (χ1n) is 6.33. The highest BCUT2D eigenvalue weighted by molar-refractivity contribution is 5.47. The highest BCUT2D eigenvalue weighted by atomic mass is 16.6. The molecule has 1 aromatic heterocycles. The molecule has 20 heavy (non-hydrogen) atoms. The molecule has 7 heteroatoms. The third-order valence-electron chi connectivity index (χ3n) is 3.11. The molecule has 0 aliphatic rings. The number of nitrogens with one attached hydrogen (secondary N) is 1. The number of pyridine rings is 1. The first-order valence-corrected chi connectivity index (χ1v) is 6.33. The molecule has 1 atom stereocenters. The van der Waals surface area contributed by atoms with Crippen molar-refractivity contribution < 1.29 is 14.4 Å². The molecule has 0 radical (unpaired) electrons. The highest BCUT2D eigenvalue weighted by Crippen LogP contribution is 2.23. The van der Waals surface area contributed by atoms with Crippen molar-refractivity contribution in [2.24, 2.45) is 0 Å². The Morgan fingerprint density at radius 2 is 2.15 bits per heavy atom. The second kappa shape index (κ2) is 7.88. The van der Waals surface area contributed by atoms with E-state index in [0.717, 1.165) is 0 Å². The van der Waals surface area contributed by atoms with Gasteiger partial charge >= 0.3 is 0 Å². The Balaban J connectivity index is 2.69. The van der Waals surface area contributed by atoms with Crippen molar-refractivity contribution in [2.45, 2.75) is 26.5 Å². The Hall–Kier alpha value is -1.57. The van der Waals surface area contributed by atoms with Gasteiger partial charge < -0.3 is 14.8 Å². The van der Waals surface area contributed by atoms with E-state index < -0.39 is 0 Å². The number of aryl methyl sites for hydroxylation is 1. The van der Waals surface area contributed by atoms with Crippen LogP contribution in [0.4, 0.5) is 5.69 Å². The van der Waals surface area contributed by atoms with Crippen LogP contribution in [0.1, 0.15) is 16.8 Å². The molecular weight excluding hydrogens is 262 g/mol. The third kappa shape index (κ3) is 4.22. The lowest BCUT2D eigenvalue weighted by Crippen LogP contribution is -2.31. The first kappa shape index (κ1) is 16.5. The summed E-state index contributed by atoms with van der Waals surface area (Å²) in [7, 11) is 3.23. The van der Waals surface area contributed by atoms with Crippen molar-refractivity contribution in [1.29, 1.82) is 0 Å².